The van der Waals surface area contributed by atoms with E-state index in [1.807, 2.05) is 18.2 Å². The van der Waals surface area contributed by atoms with Crippen LogP contribution in [-0.4, -0.2) is 0 Å². The molecule has 0 aliphatic carbocycles. The van der Waals surface area contributed by atoms with Crippen LogP contribution in [0.5, 0.6) is 0 Å². The van der Waals surface area contributed by atoms with Crippen LogP contribution in [-0.2, 0) is 0 Å². The van der Waals surface area contributed by atoms with Crippen molar-refractivity contribution in [1.29, 1.82) is 0 Å². The van der Waals surface area contributed by atoms with E-state index in [1.54, 1.807) is 18.2 Å². The first-order valence-electron chi connectivity index (χ1n) is 8.01. The third-order valence-corrected chi connectivity index (χ3v) is 4.04. The van der Waals surface area contributed by atoms with E-state index >= 15 is 0 Å². The zero-order chi connectivity index (χ0) is 18.8. The van der Waals surface area contributed by atoms with Crippen LogP contribution < -0.4 is 16.9 Å². The maximum atomic E-state index is 11.2. The molecule has 4 rings (SSSR count). The lowest BCUT2D eigenvalue weighted by atomic mass is 9.95. The van der Waals surface area contributed by atoms with Gasteiger partial charge in [0, 0.05) is 34.9 Å². The summed E-state index contributed by atoms with van der Waals surface area (Å²) in [5, 5.41) is 0. The van der Waals surface area contributed by atoms with Crippen LogP contribution >= 0.6 is 0 Å². The standard InChI is InChI=1S/C21H12O6/c22-19-4-1-13(10-25-19)16-7-17(14-2-5-20(23)26-11-14)9-18(8-16)15-3-6-21(24)27-12-15/h1-12H. The largest absolute Gasteiger partial charge is 0.431 e. The molecule has 0 bridgehead atoms. The Morgan fingerprint density at radius 3 is 0.926 bits per heavy atom. The minimum Gasteiger partial charge on any atom is -0.431 e. The highest BCUT2D eigenvalue weighted by atomic mass is 16.4. The normalized spacial score (nSPS) is 10.7. The average Bonchev–Trinajstić information content (AvgIpc) is 2.69. The molecule has 0 aliphatic heterocycles. The Morgan fingerprint density at radius 2 is 0.704 bits per heavy atom. The predicted molar refractivity (Wildman–Crippen MR) is 98.4 cm³/mol. The second-order valence-electron chi connectivity index (χ2n) is 5.83. The fourth-order valence-electron chi connectivity index (χ4n) is 2.69. The lowest BCUT2D eigenvalue weighted by molar-refractivity contribution is 0.512. The fourth-order valence-corrected chi connectivity index (χ4v) is 2.69. The van der Waals surface area contributed by atoms with Crippen LogP contribution in [0.4, 0.5) is 0 Å². The van der Waals surface area contributed by atoms with Gasteiger partial charge in [0.2, 0.25) is 0 Å². The van der Waals surface area contributed by atoms with Gasteiger partial charge in [0.25, 0.3) is 0 Å². The molecule has 6 nitrogen and oxygen atoms in total. The molecule has 0 saturated carbocycles. The van der Waals surface area contributed by atoms with E-state index in [4.69, 9.17) is 13.3 Å². The minimum absolute atomic E-state index is 0.440. The van der Waals surface area contributed by atoms with E-state index in [0.29, 0.717) is 16.7 Å². The Hall–Kier alpha value is -3.93. The third-order valence-electron chi connectivity index (χ3n) is 4.04. The summed E-state index contributed by atoms with van der Waals surface area (Å²) in [5.74, 6) is 0. The molecule has 3 aromatic heterocycles. The smallest absolute Gasteiger partial charge is 0.335 e. The monoisotopic (exact) mass is 360 g/mol. The van der Waals surface area contributed by atoms with Crippen molar-refractivity contribution in [3.8, 4) is 33.4 Å². The minimum atomic E-state index is -0.440. The van der Waals surface area contributed by atoms with Crippen LogP contribution in [0.2, 0.25) is 0 Å². The van der Waals surface area contributed by atoms with Crippen molar-refractivity contribution in [3.05, 3.63) is 105 Å². The van der Waals surface area contributed by atoms with Gasteiger partial charge in [0.15, 0.2) is 0 Å². The van der Waals surface area contributed by atoms with E-state index in [9.17, 15) is 14.4 Å². The van der Waals surface area contributed by atoms with Gasteiger partial charge >= 0.3 is 16.9 Å². The second-order valence-corrected chi connectivity index (χ2v) is 5.83. The fraction of sp³-hybridized carbons (Fsp3) is 0. The molecule has 1 aromatic carbocycles. The maximum Gasteiger partial charge on any atom is 0.335 e. The number of hydrogen-bond acceptors (Lipinski definition) is 6. The number of rotatable bonds is 3. The Kier molecular flexibility index (Phi) is 4.14. The van der Waals surface area contributed by atoms with Crippen molar-refractivity contribution >= 4 is 0 Å². The van der Waals surface area contributed by atoms with Gasteiger partial charge in [-0.1, -0.05) is 0 Å². The molecule has 0 spiro atoms. The molecule has 0 unspecified atom stereocenters. The van der Waals surface area contributed by atoms with Gasteiger partial charge in [-0.15, -0.1) is 0 Å². The molecule has 0 atom stereocenters. The van der Waals surface area contributed by atoms with Crippen molar-refractivity contribution in [2.24, 2.45) is 0 Å². The van der Waals surface area contributed by atoms with Crippen LogP contribution in [0, 0.1) is 0 Å². The summed E-state index contributed by atoms with van der Waals surface area (Å²) in [6, 6.07) is 14.6. The molecule has 27 heavy (non-hydrogen) atoms. The highest BCUT2D eigenvalue weighted by Crippen LogP contribution is 2.32. The summed E-state index contributed by atoms with van der Waals surface area (Å²) < 4.78 is 14.9. The van der Waals surface area contributed by atoms with Crippen molar-refractivity contribution < 1.29 is 13.3 Å². The third kappa shape index (κ3) is 3.55. The Balaban J connectivity index is 1.92. The van der Waals surface area contributed by atoms with Crippen LogP contribution in [0.3, 0.4) is 0 Å². The van der Waals surface area contributed by atoms with Crippen molar-refractivity contribution in [2.45, 2.75) is 0 Å². The highest BCUT2D eigenvalue weighted by Gasteiger charge is 2.09. The van der Waals surface area contributed by atoms with E-state index in [-0.39, 0.29) is 0 Å². The zero-order valence-corrected chi connectivity index (χ0v) is 13.9. The topological polar surface area (TPSA) is 90.6 Å². The first-order valence-corrected chi connectivity index (χ1v) is 8.01. The Bertz CT molecular complexity index is 1060. The second kappa shape index (κ2) is 6.76. The summed E-state index contributed by atoms with van der Waals surface area (Å²) in [5.41, 5.74) is 3.13. The van der Waals surface area contributed by atoms with Gasteiger partial charge in [-0.05, 0) is 53.1 Å². The van der Waals surface area contributed by atoms with Crippen molar-refractivity contribution in [3.63, 3.8) is 0 Å². The SMILES string of the molecule is O=c1ccc(-c2cc(-c3ccc(=O)oc3)cc(-c3ccc(=O)oc3)c2)co1. The molecule has 0 saturated heterocycles. The van der Waals surface area contributed by atoms with E-state index in [0.717, 1.165) is 16.7 Å². The molecule has 3 heterocycles. The van der Waals surface area contributed by atoms with Crippen LogP contribution in [0.15, 0.2) is 101 Å². The van der Waals surface area contributed by atoms with E-state index in [1.165, 1.54) is 37.0 Å². The molecule has 0 N–H and O–H groups in total. The molecule has 4 aromatic rings. The van der Waals surface area contributed by atoms with Gasteiger partial charge in [-0.2, -0.15) is 0 Å². The first kappa shape index (κ1) is 16.5. The molecular weight excluding hydrogens is 348 g/mol. The lowest BCUT2D eigenvalue weighted by Crippen LogP contribution is -1.96. The molecule has 0 amide bonds. The number of benzene rings is 1. The first-order chi connectivity index (χ1) is 13.1. The highest BCUT2D eigenvalue weighted by molar-refractivity contribution is 5.80. The zero-order valence-electron chi connectivity index (χ0n) is 13.9. The predicted octanol–water partition coefficient (Wildman–Crippen LogP) is 3.55. The lowest BCUT2D eigenvalue weighted by Gasteiger charge is -2.10. The number of hydrogen-bond donors (Lipinski definition) is 0. The van der Waals surface area contributed by atoms with E-state index < -0.39 is 16.9 Å². The molecule has 132 valence electrons. The Morgan fingerprint density at radius 1 is 0.407 bits per heavy atom. The van der Waals surface area contributed by atoms with Gasteiger partial charge in [-0.3, -0.25) is 0 Å². The maximum absolute atomic E-state index is 11.2. The summed E-state index contributed by atoms with van der Waals surface area (Å²) in [6.45, 7) is 0. The van der Waals surface area contributed by atoms with Crippen LogP contribution in [0.1, 0.15) is 0 Å². The summed E-state index contributed by atoms with van der Waals surface area (Å²) >= 11 is 0. The quantitative estimate of drug-likeness (QED) is 0.555. The summed E-state index contributed by atoms with van der Waals surface area (Å²) in [6.07, 6.45) is 4.13. The van der Waals surface area contributed by atoms with Crippen molar-refractivity contribution in [1.82, 2.24) is 0 Å². The van der Waals surface area contributed by atoms with Gasteiger partial charge in [0.1, 0.15) is 18.8 Å². The summed E-state index contributed by atoms with van der Waals surface area (Å²) in [4.78, 5) is 33.7. The van der Waals surface area contributed by atoms with Crippen molar-refractivity contribution in [2.75, 3.05) is 0 Å². The molecule has 0 fully saturated rings. The van der Waals surface area contributed by atoms with Gasteiger partial charge in [-0.25, -0.2) is 14.4 Å². The molecular formula is C21H12O6. The molecule has 0 radical (unpaired) electrons. The van der Waals surface area contributed by atoms with Gasteiger partial charge in [0.05, 0.1) is 0 Å². The van der Waals surface area contributed by atoms with Gasteiger partial charge < -0.3 is 13.3 Å². The van der Waals surface area contributed by atoms with Crippen LogP contribution in [0.25, 0.3) is 33.4 Å². The summed E-state index contributed by atoms with van der Waals surface area (Å²) in [7, 11) is 0. The molecule has 6 heteroatoms. The average molecular weight is 360 g/mol. The molecule has 0 aliphatic rings. The van der Waals surface area contributed by atoms with E-state index in [2.05, 4.69) is 0 Å². The Labute approximate surface area is 152 Å².